The van der Waals surface area contributed by atoms with E-state index in [9.17, 15) is 19.5 Å². The molecule has 1 spiro atoms. The van der Waals surface area contributed by atoms with Gasteiger partial charge in [-0.2, -0.15) is 0 Å². The summed E-state index contributed by atoms with van der Waals surface area (Å²) in [4.78, 5) is 45.9. The fourth-order valence-corrected chi connectivity index (χ4v) is 7.14. The summed E-state index contributed by atoms with van der Waals surface area (Å²) in [5.74, 6) is -3.03. The molecule has 0 radical (unpaired) electrons. The number of nitrogens with zero attached hydrogens (tertiary/aromatic N) is 2. The molecule has 2 saturated heterocycles. The predicted octanol–water partition coefficient (Wildman–Crippen LogP) is 3.09. The molecule has 0 saturated carbocycles. The summed E-state index contributed by atoms with van der Waals surface area (Å²) in [7, 11) is 0. The Morgan fingerprint density at radius 3 is 2.39 bits per heavy atom. The Morgan fingerprint density at radius 1 is 1.05 bits per heavy atom. The van der Waals surface area contributed by atoms with Gasteiger partial charge in [-0.25, -0.2) is 0 Å². The first-order valence-electron chi connectivity index (χ1n) is 13.7. The zero-order valence-corrected chi connectivity index (χ0v) is 22.8. The summed E-state index contributed by atoms with van der Waals surface area (Å²) in [5, 5.41) is 10.5. The van der Waals surface area contributed by atoms with Crippen molar-refractivity contribution < 1.29 is 29.0 Å². The first kappa shape index (κ1) is 26.6. The van der Waals surface area contributed by atoms with Crippen LogP contribution in [-0.2, 0) is 23.9 Å². The Balaban J connectivity index is 1.73. The number of aryl methyl sites for hydroxylation is 2. The van der Waals surface area contributed by atoms with E-state index in [1.54, 1.807) is 15.9 Å². The van der Waals surface area contributed by atoms with Crippen LogP contribution in [0.1, 0.15) is 44.7 Å². The number of carbonyl (C=O) groups excluding carboxylic acids is 3. The molecule has 1 unspecified atom stereocenters. The number of benzene rings is 1. The predicted molar refractivity (Wildman–Crippen MR) is 142 cm³/mol. The highest BCUT2D eigenvalue weighted by Gasteiger charge is 2.76. The van der Waals surface area contributed by atoms with Crippen LogP contribution in [0.3, 0.4) is 0 Å². The van der Waals surface area contributed by atoms with Crippen LogP contribution in [0.25, 0.3) is 0 Å². The minimum absolute atomic E-state index is 0.0783. The highest BCUT2D eigenvalue weighted by Crippen LogP contribution is 2.59. The molecule has 1 aromatic rings. The van der Waals surface area contributed by atoms with E-state index < -0.39 is 41.1 Å². The van der Waals surface area contributed by atoms with Crippen molar-refractivity contribution in [1.82, 2.24) is 4.90 Å². The molecule has 7 atom stereocenters. The lowest BCUT2D eigenvalue weighted by Crippen LogP contribution is -2.60. The van der Waals surface area contributed by atoms with Crippen LogP contribution < -0.4 is 4.90 Å². The number of hydrogen-bond donors (Lipinski definition) is 1. The normalized spacial score (nSPS) is 33.8. The van der Waals surface area contributed by atoms with Crippen LogP contribution in [0.15, 0.2) is 42.5 Å². The zero-order chi connectivity index (χ0) is 27.4. The molecule has 2 fully saturated rings. The van der Waals surface area contributed by atoms with Crippen LogP contribution in [-0.4, -0.2) is 70.8 Å². The molecule has 8 nitrogen and oxygen atoms in total. The Kier molecular flexibility index (Phi) is 6.76. The van der Waals surface area contributed by atoms with Crippen LogP contribution >= 0.6 is 0 Å². The molecule has 4 aliphatic rings. The Morgan fingerprint density at radius 2 is 1.76 bits per heavy atom. The maximum Gasteiger partial charge on any atom is 0.313 e. The minimum Gasteiger partial charge on any atom is -0.461 e. The van der Waals surface area contributed by atoms with Gasteiger partial charge in [0.15, 0.2) is 0 Å². The van der Waals surface area contributed by atoms with Crippen LogP contribution in [0.4, 0.5) is 5.69 Å². The lowest BCUT2D eigenvalue weighted by Gasteiger charge is -2.42. The molecule has 0 aromatic heterocycles. The molecular weight excluding hydrogens is 484 g/mol. The number of fused-ring (bicyclic) bond motifs is 2. The van der Waals surface area contributed by atoms with Gasteiger partial charge in [0.1, 0.15) is 29.8 Å². The van der Waals surface area contributed by atoms with E-state index in [0.29, 0.717) is 19.4 Å². The van der Waals surface area contributed by atoms with Crippen LogP contribution in [0.5, 0.6) is 0 Å². The van der Waals surface area contributed by atoms with Gasteiger partial charge in [-0.3, -0.25) is 14.4 Å². The molecule has 8 heteroatoms. The van der Waals surface area contributed by atoms with Gasteiger partial charge in [0.05, 0.1) is 18.6 Å². The van der Waals surface area contributed by atoms with E-state index in [1.807, 2.05) is 71.0 Å². The SMILES string of the molecule is CC[C@H](C)[C@H](CO)N1C(=O)[C@@H]2[C@H]3C(=O)OCC=C[C@@]3(CC)O[C@@]23C=CCN(c2c(C)cccc2C)C(=O)C13. The van der Waals surface area contributed by atoms with Gasteiger partial charge in [-0.15, -0.1) is 0 Å². The van der Waals surface area contributed by atoms with Crippen molar-refractivity contribution in [1.29, 1.82) is 0 Å². The maximum absolute atomic E-state index is 14.7. The second kappa shape index (κ2) is 9.65. The maximum atomic E-state index is 14.7. The molecule has 204 valence electrons. The Hall–Kier alpha value is -2.97. The third kappa shape index (κ3) is 3.60. The van der Waals surface area contributed by atoms with Gasteiger partial charge in [0.25, 0.3) is 5.91 Å². The second-order valence-electron chi connectivity index (χ2n) is 11.1. The number of carbonyl (C=O) groups is 3. The highest BCUT2D eigenvalue weighted by atomic mass is 16.6. The number of aliphatic hydroxyl groups is 1. The number of aliphatic hydroxyl groups excluding tert-OH is 1. The number of cyclic esters (lactones) is 1. The van der Waals surface area contributed by atoms with E-state index in [4.69, 9.17) is 9.47 Å². The van der Waals surface area contributed by atoms with Crippen molar-refractivity contribution in [3.05, 3.63) is 53.6 Å². The van der Waals surface area contributed by atoms with E-state index in [1.165, 1.54) is 0 Å². The molecule has 4 heterocycles. The van der Waals surface area contributed by atoms with Gasteiger partial charge in [-0.1, -0.05) is 63.6 Å². The fourth-order valence-electron chi connectivity index (χ4n) is 7.14. The summed E-state index contributed by atoms with van der Waals surface area (Å²) >= 11 is 0. The number of para-hydroxylation sites is 1. The summed E-state index contributed by atoms with van der Waals surface area (Å²) in [5.41, 5.74) is 0.258. The molecule has 2 amide bonds. The molecule has 1 N–H and O–H groups in total. The highest BCUT2D eigenvalue weighted by molar-refractivity contribution is 6.06. The molecular formula is C30H38N2O6. The number of rotatable bonds is 6. The monoisotopic (exact) mass is 522 g/mol. The van der Waals surface area contributed by atoms with Crippen LogP contribution in [0, 0.1) is 31.6 Å². The minimum atomic E-state index is -1.37. The molecule has 38 heavy (non-hydrogen) atoms. The number of amides is 2. The number of anilines is 1. The zero-order valence-electron chi connectivity index (χ0n) is 22.8. The summed E-state index contributed by atoms with van der Waals surface area (Å²) in [6.07, 6.45) is 8.47. The van der Waals surface area contributed by atoms with Crippen LogP contribution in [0.2, 0.25) is 0 Å². The lowest BCUT2D eigenvalue weighted by atomic mass is 9.73. The summed E-state index contributed by atoms with van der Waals surface area (Å²) in [6.45, 7) is 9.94. The van der Waals surface area contributed by atoms with Gasteiger partial charge >= 0.3 is 5.97 Å². The summed E-state index contributed by atoms with van der Waals surface area (Å²) in [6, 6.07) is 4.24. The van der Waals surface area contributed by atoms with Crippen molar-refractivity contribution in [3.63, 3.8) is 0 Å². The first-order chi connectivity index (χ1) is 18.2. The second-order valence-corrected chi connectivity index (χ2v) is 11.1. The van der Waals surface area contributed by atoms with Gasteiger partial charge in [0, 0.05) is 12.2 Å². The fraction of sp³-hybridized carbons (Fsp3) is 0.567. The third-order valence-corrected chi connectivity index (χ3v) is 9.19. The number of likely N-dealkylation sites (tertiary alicyclic amines) is 1. The molecule has 4 aliphatic heterocycles. The Labute approximate surface area is 224 Å². The first-order valence-corrected chi connectivity index (χ1v) is 13.7. The molecule has 0 bridgehead atoms. The van der Waals surface area contributed by atoms with Crippen molar-refractivity contribution in [3.8, 4) is 0 Å². The van der Waals surface area contributed by atoms with E-state index in [-0.39, 0.29) is 30.9 Å². The van der Waals surface area contributed by atoms with Crippen molar-refractivity contribution in [2.45, 2.75) is 70.7 Å². The largest absolute Gasteiger partial charge is 0.461 e. The number of ether oxygens (including phenoxy) is 2. The third-order valence-electron chi connectivity index (χ3n) is 9.19. The van der Waals surface area contributed by atoms with Crippen molar-refractivity contribution in [2.75, 3.05) is 24.7 Å². The molecule has 5 rings (SSSR count). The summed E-state index contributed by atoms with van der Waals surface area (Å²) < 4.78 is 12.4. The topological polar surface area (TPSA) is 96.4 Å². The van der Waals surface area contributed by atoms with Gasteiger partial charge in [0.2, 0.25) is 5.91 Å². The Bertz CT molecular complexity index is 1190. The van der Waals surface area contributed by atoms with E-state index in [0.717, 1.165) is 16.8 Å². The quantitative estimate of drug-likeness (QED) is 0.456. The number of esters is 1. The van der Waals surface area contributed by atoms with E-state index in [2.05, 4.69) is 0 Å². The van der Waals surface area contributed by atoms with Crippen molar-refractivity contribution >= 4 is 23.5 Å². The van der Waals surface area contributed by atoms with Gasteiger partial charge < -0.3 is 24.4 Å². The average Bonchev–Trinajstić information content (AvgIpc) is 3.17. The standard InChI is InChI=1S/C30H38N2O6/c1-6-18(3)21(17-33)32-25-27(35)31(24-19(4)11-8-12-20(24)5)15-9-14-30(25)22(26(32)34)23-28(36)37-16-10-13-29(23,7-2)38-30/h8-14,18,21-23,25,33H,6-7,15-17H2,1-5H3/t18-,21-,22-,23-,25?,29+,30-/m0/s1. The molecule has 1 aromatic carbocycles. The average molecular weight is 523 g/mol. The van der Waals surface area contributed by atoms with E-state index >= 15 is 0 Å². The van der Waals surface area contributed by atoms with Gasteiger partial charge in [-0.05, 0) is 43.4 Å². The molecule has 0 aliphatic carbocycles. The smallest absolute Gasteiger partial charge is 0.313 e. The van der Waals surface area contributed by atoms with Crippen molar-refractivity contribution in [2.24, 2.45) is 17.8 Å². The number of hydrogen-bond acceptors (Lipinski definition) is 6. The lowest BCUT2D eigenvalue weighted by molar-refractivity contribution is -0.159.